The van der Waals surface area contributed by atoms with Crippen LogP contribution in [0, 0.1) is 6.92 Å². The first-order valence-electron chi connectivity index (χ1n) is 6.70. The number of aromatic nitrogens is 4. The molecule has 0 aliphatic rings. The Labute approximate surface area is 136 Å². The van der Waals surface area contributed by atoms with Crippen LogP contribution < -0.4 is 0 Å². The van der Waals surface area contributed by atoms with Crippen molar-refractivity contribution in [1.82, 2.24) is 19.7 Å². The lowest BCUT2D eigenvalue weighted by Gasteiger charge is -2.04. The Bertz CT molecular complexity index is 1010. The minimum atomic E-state index is 0.577. The normalized spacial score (nSPS) is 11.4. The second-order valence-corrected chi connectivity index (χ2v) is 5.79. The number of rotatable bonds is 1. The molecule has 0 amide bonds. The van der Waals surface area contributed by atoms with Gasteiger partial charge in [0.15, 0.2) is 11.5 Å². The number of hydrogen-bond donors (Lipinski definition) is 0. The molecule has 0 aliphatic heterocycles. The molecule has 1 aromatic carbocycles. The van der Waals surface area contributed by atoms with E-state index >= 15 is 0 Å². The molecule has 0 radical (unpaired) electrons. The van der Waals surface area contributed by atoms with E-state index in [9.17, 15) is 0 Å². The van der Waals surface area contributed by atoms with Gasteiger partial charge in [-0.3, -0.25) is 0 Å². The van der Waals surface area contributed by atoms with Gasteiger partial charge in [0.2, 0.25) is 0 Å². The first-order valence-corrected chi connectivity index (χ1v) is 7.46. The van der Waals surface area contributed by atoms with Crippen LogP contribution >= 0.6 is 23.2 Å². The van der Waals surface area contributed by atoms with Crippen molar-refractivity contribution in [1.29, 1.82) is 0 Å². The van der Waals surface area contributed by atoms with E-state index in [1.165, 1.54) is 0 Å². The molecule has 0 saturated carbocycles. The standard InChI is InChI=1S/C16H10Cl2N4/c1-9-14-15(18)11-4-2-3-5-12(11)20-16(14)22(21-9)13-7-6-10(17)8-19-13/h2-8H,1H3. The number of hydrogen-bond acceptors (Lipinski definition) is 3. The zero-order valence-corrected chi connectivity index (χ0v) is 13.1. The van der Waals surface area contributed by atoms with Gasteiger partial charge < -0.3 is 0 Å². The van der Waals surface area contributed by atoms with Gasteiger partial charge in [-0.2, -0.15) is 9.78 Å². The van der Waals surface area contributed by atoms with Gasteiger partial charge in [0.25, 0.3) is 0 Å². The molecule has 4 nitrogen and oxygen atoms in total. The van der Waals surface area contributed by atoms with Crippen LogP contribution in [0.15, 0.2) is 42.6 Å². The van der Waals surface area contributed by atoms with Crippen molar-refractivity contribution in [3.8, 4) is 5.82 Å². The average Bonchev–Trinajstić information content (AvgIpc) is 2.85. The number of halogens is 2. The van der Waals surface area contributed by atoms with Gasteiger partial charge in [-0.1, -0.05) is 41.4 Å². The Morgan fingerprint density at radius 1 is 1.05 bits per heavy atom. The van der Waals surface area contributed by atoms with Crippen LogP contribution in [-0.2, 0) is 0 Å². The topological polar surface area (TPSA) is 43.6 Å². The van der Waals surface area contributed by atoms with Gasteiger partial charge >= 0.3 is 0 Å². The molecule has 0 saturated heterocycles. The summed E-state index contributed by atoms with van der Waals surface area (Å²) in [6, 6.07) is 11.4. The molecular formula is C16H10Cl2N4. The van der Waals surface area contributed by atoms with Crippen LogP contribution in [0.4, 0.5) is 0 Å². The van der Waals surface area contributed by atoms with Gasteiger partial charge in [0, 0.05) is 11.6 Å². The van der Waals surface area contributed by atoms with Crippen molar-refractivity contribution in [3.63, 3.8) is 0 Å². The summed E-state index contributed by atoms with van der Waals surface area (Å²) >= 11 is 12.5. The molecule has 0 N–H and O–H groups in total. The average molecular weight is 329 g/mol. The van der Waals surface area contributed by atoms with E-state index < -0.39 is 0 Å². The van der Waals surface area contributed by atoms with E-state index in [1.54, 1.807) is 23.0 Å². The highest BCUT2D eigenvalue weighted by atomic mass is 35.5. The molecule has 0 spiro atoms. The van der Waals surface area contributed by atoms with Gasteiger partial charge in [0.1, 0.15) is 0 Å². The third kappa shape index (κ3) is 1.95. The Kier molecular flexibility index (Phi) is 3.03. The van der Waals surface area contributed by atoms with Gasteiger partial charge in [-0.25, -0.2) is 9.97 Å². The predicted octanol–water partition coefficient (Wildman–Crippen LogP) is 4.58. The van der Waals surface area contributed by atoms with Crippen molar-refractivity contribution in [2.24, 2.45) is 0 Å². The highest BCUT2D eigenvalue weighted by Gasteiger charge is 2.16. The summed E-state index contributed by atoms with van der Waals surface area (Å²) in [6.45, 7) is 1.91. The third-order valence-corrected chi connectivity index (χ3v) is 4.17. The fraction of sp³-hybridized carbons (Fsp3) is 0.0625. The SMILES string of the molecule is Cc1nn(-c2ccc(Cl)cn2)c2nc3ccccc3c(Cl)c12. The Morgan fingerprint density at radius 3 is 2.64 bits per heavy atom. The number of benzene rings is 1. The zero-order valence-electron chi connectivity index (χ0n) is 11.6. The van der Waals surface area contributed by atoms with Gasteiger partial charge in [0.05, 0.1) is 26.6 Å². The van der Waals surface area contributed by atoms with Crippen LogP contribution in [0.1, 0.15) is 5.69 Å². The van der Waals surface area contributed by atoms with Crippen molar-refractivity contribution in [2.75, 3.05) is 0 Å². The van der Waals surface area contributed by atoms with E-state index in [-0.39, 0.29) is 0 Å². The van der Waals surface area contributed by atoms with E-state index in [0.717, 1.165) is 22.0 Å². The monoisotopic (exact) mass is 328 g/mol. The van der Waals surface area contributed by atoms with Gasteiger partial charge in [-0.05, 0) is 25.1 Å². The predicted molar refractivity (Wildman–Crippen MR) is 88.9 cm³/mol. The van der Waals surface area contributed by atoms with Crippen molar-refractivity contribution >= 4 is 45.1 Å². The molecule has 0 atom stereocenters. The molecule has 22 heavy (non-hydrogen) atoms. The maximum Gasteiger partial charge on any atom is 0.167 e. The molecule has 0 fully saturated rings. The van der Waals surface area contributed by atoms with Crippen LogP contribution in [0.2, 0.25) is 10.0 Å². The second kappa shape index (κ2) is 4.93. The quantitative estimate of drug-likeness (QED) is 0.513. The van der Waals surface area contributed by atoms with Crippen molar-refractivity contribution < 1.29 is 0 Å². The first-order chi connectivity index (χ1) is 10.6. The molecule has 3 aromatic heterocycles. The Hall–Kier alpha value is -2.17. The molecule has 108 valence electrons. The summed E-state index contributed by atoms with van der Waals surface area (Å²) in [5.74, 6) is 0.654. The lowest BCUT2D eigenvalue weighted by atomic mass is 10.1. The summed E-state index contributed by atoms with van der Waals surface area (Å²) in [5, 5.41) is 7.54. The van der Waals surface area contributed by atoms with E-state index in [4.69, 9.17) is 28.2 Å². The maximum absolute atomic E-state index is 6.57. The summed E-state index contributed by atoms with van der Waals surface area (Å²) in [6.07, 6.45) is 1.59. The fourth-order valence-corrected chi connectivity index (χ4v) is 3.03. The lowest BCUT2D eigenvalue weighted by Crippen LogP contribution is -2.00. The molecule has 0 aliphatic carbocycles. The highest BCUT2D eigenvalue weighted by molar-refractivity contribution is 6.40. The Balaban J connectivity index is 2.11. The van der Waals surface area contributed by atoms with Crippen molar-refractivity contribution in [3.05, 3.63) is 58.3 Å². The number of fused-ring (bicyclic) bond motifs is 2. The Morgan fingerprint density at radius 2 is 1.86 bits per heavy atom. The number of para-hydroxylation sites is 1. The molecule has 4 aromatic rings. The summed E-state index contributed by atoms with van der Waals surface area (Å²) in [5.41, 5.74) is 2.33. The largest absolute Gasteiger partial charge is 0.235 e. The molecular weight excluding hydrogens is 319 g/mol. The second-order valence-electron chi connectivity index (χ2n) is 4.97. The van der Waals surface area contributed by atoms with E-state index in [2.05, 4.69) is 10.1 Å². The zero-order chi connectivity index (χ0) is 15.3. The molecule has 4 rings (SSSR count). The molecule has 3 heterocycles. The maximum atomic E-state index is 6.57. The van der Waals surface area contributed by atoms with Crippen LogP contribution in [0.5, 0.6) is 0 Å². The smallest absolute Gasteiger partial charge is 0.167 e. The number of nitrogens with zero attached hydrogens (tertiary/aromatic N) is 4. The highest BCUT2D eigenvalue weighted by Crippen LogP contribution is 2.33. The minimum Gasteiger partial charge on any atom is -0.235 e. The summed E-state index contributed by atoms with van der Waals surface area (Å²) < 4.78 is 1.69. The third-order valence-electron chi connectivity index (χ3n) is 3.55. The van der Waals surface area contributed by atoms with E-state index in [1.807, 2.05) is 31.2 Å². The number of pyridine rings is 2. The van der Waals surface area contributed by atoms with Crippen LogP contribution in [-0.4, -0.2) is 19.7 Å². The fourth-order valence-electron chi connectivity index (χ4n) is 2.53. The van der Waals surface area contributed by atoms with Crippen LogP contribution in [0.3, 0.4) is 0 Å². The molecule has 6 heteroatoms. The summed E-state index contributed by atoms with van der Waals surface area (Å²) in [4.78, 5) is 9.01. The molecule has 0 bridgehead atoms. The minimum absolute atomic E-state index is 0.577. The summed E-state index contributed by atoms with van der Waals surface area (Å²) in [7, 11) is 0. The van der Waals surface area contributed by atoms with Crippen LogP contribution in [0.25, 0.3) is 27.8 Å². The number of aryl methyl sites for hydroxylation is 1. The first kappa shape index (κ1) is 13.5. The lowest BCUT2D eigenvalue weighted by molar-refractivity contribution is 0.849. The molecule has 0 unspecified atom stereocenters. The van der Waals surface area contributed by atoms with E-state index in [0.29, 0.717) is 21.5 Å². The van der Waals surface area contributed by atoms with Gasteiger partial charge in [-0.15, -0.1) is 0 Å². The van der Waals surface area contributed by atoms with Crippen molar-refractivity contribution in [2.45, 2.75) is 6.92 Å².